The van der Waals surface area contributed by atoms with E-state index >= 15 is 0 Å². The largest absolute Gasteiger partial charge is 0.480 e. The number of carbonyl (C=O) groups excluding carboxylic acids is 4. The second-order valence-corrected chi connectivity index (χ2v) is 6.58. The molecule has 0 bridgehead atoms. The van der Waals surface area contributed by atoms with Crippen LogP contribution in [0.15, 0.2) is 0 Å². The molecule has 1 saturated heterocycles. The van der Waals surface area contributed by atoms with Crippen LogP contribution in [0.3, 0.4) is 0 Å². The first-order valence-corrected chi connectivity index (χ1v) is 8.88. The van der Waals surface area contributed by atoms with E-state index in [0.717, 1.165) is 0 Å². The number of hydrogen-bond acceptors (Lipinski definition) is 7. The van der Waals surface area contributed by atoms with Crippen LogP contribution in [0.5, 0.6) is 0 Å². The van der Waals surface area contributed by atoms with Crippen molar-refractivity contribution in [3.63, 3.8) is 0 Å². The number of nitrogens with two attached hydrogens (primary N) is 2. The van der Waals surface area contributed by atoms with Crippen molar-refractivity contribution >= 4 is 29.6 Å². The van der Waals surface area contributed by atoms with E-state index in [0.29, 0.717) is 6.42 Å². The summed E-state index contributed by atoms with van der Waals surface area (Å²) in [6.07, 6.45) is -0.773. The lowest BCUT2D eigenvalue weighted by molar-refractivity contribution is -0.147. The molecule has 0 saturated carbocycles. The Balaban J connectivity index is 2.92. The molecule has 0 aromatic rings. The Bertz CT molecular complexity index is 625. The van der Waals surface area contributed by atoms with Gasteiger partial charge in [0.05, 0.1) is 12.6 Å². The van der Waals surface area contributed by atoms with Crippen molar-refractivity contribution in [1.82, 2.24) is 15.5 Å². The highest BCUT2D eigenvalue weighted by Crippen LogP contribution is 2.20. The average Bonchev–Trinajstić information content (AvgIpc) is 3.11. The average molecular weight is 401 g/mol. The summed E-state index contributed by atoms with van der Waals surface area (Å²) >= 11 is 0. The fourth-order valence-corrected chi connectivity index (χ4v) is 2.94. The van der Waals surface area contributed by atoms with Crippen LogP contribution in [0.1, 0.15) is 32.6 Å². The minimum atomic E-state index is -1.52. The maximum Gasteiger partial charge on any atom is 0.328 e. The van der Waals surface area contributed by atoms with Crippen LogP contribution in [0.25, 0.3) is 0 Å². The first-order chi connectivity index (χ1) is 13.1. The molecule has 8 N–H and O–H groups in total. The van der Waals surface area contributed by atoms with Crippen LogP contribution in [0.2, 0.25) is 0 Å². The van der Waals surface area contributed by atoms with E-state index in [1.807, 2.05) is 0 Å². The number of nitrogens with one attached hydrogen (secondary N) is 2. The first kappa shape index (κ1) is 23.3. The molecule has 4 atom stereocenters. The van der Waals surface area contributed by atoms with Crippen molar-refractivity contribution in [2.75, 3.05) is 13.1 Å². The standard InChI is InChI=1S/C16H27N5O7/c1-8(22)13(16(27)28)20-14(25)10-3-2-6-21(10)15(26)9(4-5-11(18)23)19-12(24)7-17/h8-10,13,22H,2-7,17H2,1H3,(H2,18,23)(H,19,24)(H,20,25)(H,27,28). The van der Waals surface area contributed by atoms with Crippen LogP contribution in [0, 0.1) is 0 Å². The SMILES string of the molecule is CC(O)C(NC(=O)C1CCCN1C(=O)C(CCC(N)=O)NC(=O)CN)C(=O)O. The molecule has 12 heteroatoms. The molecule has 1 rings (SSSR count). The van der Waals surface area contributed by atoms with E-state index < -0.39 is 53.8 Å². The first-order valence-electron chi connectivity index (χ1n) is 8.88. The number of aliphatic hydroxyl groups is 1. The number of primary amides is 1. The lowest BCUT2D eigenvalue weighted by Crippen LogP contribution is -2.57. The molecule has 4 unspecified atom stereocenters. The Hall–Kier alpha value is -2.73. The molecule has 28 heavy (non-hydrogen) atoms. The Morgan fingerprint density at radius 2 is 1.86 bits per heavy atom. The fraction of sp³-hybridized carbons (Fsp3) is 0.688. The van der Waals surface area contributed by atoms with Crippen molar-refractivity contribution in [3.05, 3.63) is 0 Å². The second kappa shape index (κ2) is 10.6. The van der Waals surface area contributed by atoms with Crippen LogP contribution in [-0.4, -0.2) is 82.0 Å². The maximum atomic E-state index is 12.9. The fourth-order valence-electron chi connectivity index (χ4n) is 2.94. The van der Waals surface area contributed by atoms with Gasteiger partial charge in [-0.25, -0.2) is 4.79 Å². The minimum Gasteiger partial charge on any atom is -0.480 e. The zero-order valence-electron chi connectivity index (χ0n) is 15.6. The summed E-state index contributed by atoms with van der Waals surface area (Å²) < 4.78 is 0. The number of amides is 4. The maximum absolute atomic E-state index is 12.9. The summed E-state index contributed by atoms with van der Waals surface area (Å²) in [7, 11) is 0. The van der Waals surface area contributed by atoms with Gasteiger partial charge in [-0.2, -0.15) is 0 Å². The molecule has 1 aliphatic rings. The zero-order valence-corrected chi connectivity index (χ0v) is 15.6. The Morgan fingerprint density at radius 1 is 1.21 bits per heavy atom. The molecule has 0 aliphatic carbocycles. The number of aliphatic hydroxyl groups excluding tert-OH is 1. The number of rotatable bonds is 10. The number of carbonyl (C=O) groups is 5. The van der Waals surface area contributed by atoms with Gasteiger partial charge >= 0.3 is 5.97 Å². The Morgan fingerprint density at radius 3 is 2.36 bits per heavy atom. The van der Waals surface area contributed by atoms with Crippen molar-refractivity contribution in [1.29, 1.82) is 0 Å². The summed E-state index contributed by atoms with van der Waals surface area (Å²) in [5.74, 6) is -3.99. The summed E-state index contributed by atoms with van der Waals surface area (Å²) in [6, 6.07) is -3.57. The third kappa shape index (κ3) is 6.46. The number of nitrogens with zero attached hydrogens (tertiary/aromatic N) is 1. The van der Waals surface area contributed by atoms with E-state index in [1.54, 1.807) is 0 Å². The lowest BCUT2D eigenvalue weighted by atomic mass is 10.1. The quantitative estimate of drug-likeness (QED) is 0.217. The molecule has 0 radical (unpaired) electrons. The van der Waals surface area contributed by atoms with Gasteiger partial charge in [0, 0.05) is 13.0 Å². The van der Waals surface area contributed by atoms with Gasteiger partial charge in [0.2, 0.25) is 23.6 Å². The number of carboxylic acids is 1. The molecular formula is C16H27N5O7. The summed E-state index contributed by atoms with van der Waals surface area (Å²) in [5, 5.41) is 23.2. The predicted octanol–water partition coefficient (Wildman–Crippen LogP) is -3.36. The second-order valence-electron chi connectivity index (χ2n) is 6.58. The van der Waals surface area contributed by atoms with Crippen molar-refractivity contribution in [2.45, 2.75) is 56.8 Å². The highest BCUT2D eigenvalue weighted by atomic mass is 16.4. The number of hydrogen-bond donors (Lipinski definition) is 6. The van der Waals surface area contributed by atoms with E-state index in [4.69, 9.17) is 16.6 Å². The smallest absolute Gasteiger partial charge is 0.328 e. The van der Waals surface area contributed by atoms with Crippen molar-refractivity contribution < 1.29 is 34.2 Å². The highest BCUT2D eigenvalue weighted by Gasteiger charge is 2.39. The highest BCUT2D eigenvalue weighted by molar-refractivity contribution is 5.94. The van der Waals surface area contributed by atoms with Gasteiger partial charge in [-0.05, 0) is 26.2 Å². The van der Waals surface area contributed by atoms with Crippen molar-refractivity contribution in [2.24, 2.45) is 11.5 Å². The van der Waals surface area contributed by atoms with Crippen molar-refractivity contribution in [3.8, 4) is 0 Å². The summed E-state index contributed by atoms with van der Waals surface area (Å²) in [5.41, 5.74) is 10.3. The zero-order chi connectivity index (χ0) is 21.4. The van der Waals surface area contributed by atoms with Crippen LogP contribution in [-0.2, 0) is 24.0 Å². The van der Waals surface area contributed by atoms with Gasteiger partial charge in [-0.15, -0.1) is 0 Å². The molecular weight excluding hydrogens is 374 g/mol. The Labute approximate surface area is 161 Å². The van der Waals surface area contributed by atoms with Gasteiger partial charge in [0.25, 0.3) is 0 Å². The van der Waals surface area contributed by atoms with Gasteiger partial charge in [-0.3, -0.25) is 19.2 Å². The predicted molar refractivity (Wildman–Crippen MR) is 95.4 cm³/mol. The van der Waals surface area contributed by atoms with Gasteiger partial charge < -0.3 is 37.2 Å². The van der Waals surface area contributed by atoms with Gasteiger partial charge in [0.15, 0.2) is 6.04 Å². The molecule has 1 fully saturated rings. The number of aliphatic carboxylic acids is 1. The van der Waals surface area contributed by atoms with E-state index in [2.05, 4.69) is 10.6 Å². The molecule has 4 amide bonds. The van der Waals surface area contributed by atoms with E-state index in [9.17, 15) is 29.1 Å². The number of carboxylic acid groups (broad SMARTS) is 1. The third-order valence-corrected chi connectivity index (χ3v) is 4.38. The molecule has 0 aromatic carbocycles. The molecule has 12 nitrogen and oxygen atoms in total. The lowest BCUT2D eigenvalue weighted by Gasteiger charge is -2.29. The number of likely N-dealkylation sites (tertiary alicyclic amines) is 1. The monoisotopic (exact) mass is 401 g/mol. The molecule has 1 aliphatic heterocycles. The normalized spacial score (nSPS) is 19.4. The summed E-state index contributed by atoms with van der Waals surface area (Å²) in [4.78, 5) is 60.4. The van der Waals surface area contributed by atoms with Crippen LogP contribution >= 0.6 is 0 Å². The molecule has 0 aromatic heterocycles. The topological polar surface area (TPSA) is 205 Å². The van der Waals surface area contributed by atoms with E-state index in [1.165, 1.54) is 11.8 Å². The minimum absolute atomic E-state index is 0.0594. The molecule has 1 heterocycles. The van der Waals surface area contributed by atoms with Gasteiger partial charge in [-0.1, -0.05) is 0 Å². The summed E-state index contributed by atoms with van der Waals surface area (Å²) in [6.45, 7) is 1.08. The molecule has 158 valence electrons. The van der Waals surface area contributed by atoms with Crippen LogP contribution in [0.4, 0.5) is 0 Å². The molecule has 0 spiro atoms. The Kier molecular flexibility index (Phi) is 8.79. The van der Waals surface area contributed by atoms with Gasteiger partial charge in [0.1, 0.15) is 12.1 Å². The third-order valence-electron chi connectivity index (χ3n) is 4.38. The van der Waals surface area contributed by atoms with E-state index in [-0.39, 0.29) is 32.4 Å². The van der Waals surface area contributed by atoms with Crippen LogP contribution < -0.4 is 22.1 Å².